The molecule has 2 aromatic rings. The average Bonchev–Trinajstić information content (AvgIpc) is 2.61. The fourth-order valence-electron chi connectivity index (χ4n) is 2.99. The molecule has 0 saturated carbocycles. The smallest absolute Gasteiger partial charge is 0.250 e. The van der Waals surface area contributed by atoms with Gasteiger partial charge in [-0.25, -0.2) is 4.98 Å². The maximum absolute atomic E-state index is 11.8. The van der Waals surface area contributed by atoms with Gasteiger partial charge in [-0.15, -0.1) is 0 Å². The Bertz CT molecular complexity index is 740. The number of nitrogens with two attached hydrogens (primary N) is 1. The predicted octanol–water partition coefficient (Wildman–Crippen LogP) is 1.09. The normalized spacial score (nSPS) is 15.5. The van der Waals surface area contributed by atoms with Crippen molar-refractivity contribution in [2.24, 2.45) is 5.73 Å². The standard InChI is InChI=1S/C18H22N4O2/c1-21-6-8-22(9-7-21)17-10-15(16(11-20-17)18(19)24)14-5-3-2-4-13(14)12-23/h2-5,10-11,23H,6-9,12H2,1H3,(H2,19,24). The van der Waals surface area contributed by atoms with Gasteiger partial charge in [0.1, 0.15) is 5.82 Å². The molecule has 1 aliphatic heterocycles. The maximum atomic E-state index is 11.8. The molecule has 6 heteroatoms. The summed E-state index contributed by atoms with van der Waals surface area (Å²) in [7, 11) is 2.10. The van der Waals surface area contributed by atoms with Crippen molar-refractivity contribution in [2.75, 3.05) is 38.1 Å². The monoisotopic (exact) mass is 326 g/mol. The van der Waals surface area contributed by atoms with Crippen molar-refractivity contribution >= 4 is 11.7 Å². The van der Waals surface area contributed by atoms with Crippen LogP contribution in [0.4, 0.5) is 5.82 Å². The summed E-state index contributed by atoms with van der Waals surface area (Å²) in [5.41, 5.74) is 8.19. The molecule has 1 amide bonds. The number of pyridine rings is 1. The Morgan fingerprint density at radius 2 is 1.92 bits per heavy atom. The third-order valence-corrected chi connectivity index (χ3v) is 4.46. The lowest BCUT2D eigenvalue weighted by Gasteiger charge is -2.33. The zero-order valence-corrected chi connectivity index (χ0v) is 13.8. The molecule has 0 unspecified atom stereocenters. The number of nitrogens with zero attached hydrogens (tertiary/aromatic N) is 3. The van der Waals surface area contributed by atoms with Crippen LogP contribution in [0.1, 0.15) is 15.9 Å². The van der Waals surface area contributed by atoms with E-state index in [-0.39, 0.29) is 6.61 Å². The third kappa shape index (κ3) is 3.25. The summed E-state index contributed by atoms with van der Waals surface area (Å²) in [5, 5.41) is 9.61. The van der Waals surface area contributed by atoms with Crippen molar-refractivity contribution in [1.29, 1.82) is 0 Å². The molecule has 0 bridgehead atoms. The first kappa shape index (κ1) is 16.4. The molecule has 3 rings (SSSR count). The fraction of sp³-hybridized carbons (Fsp3) is 0.333. The molecule has 1 aliphatic rings. The zero-order valence-electron chi connectivity index (χ0n) is 13.8. The van der Waals surface area contributed by atoms with Gasteiger partial charge in [-0.2, -0.15) is 0 Å². The second-order valence-corrected chi connectivity index (χ2v) is 6.06. The summed E-state index contributed by atoms with van der Waals surface area (Å²) < 4.78 is 0. The summed E-state index contributed by atoms with van der Waals surface area (Å²) in [4.78, 5) is 20.7. The van der Waals surface area contributed by atoms with Gasteiger partial charge in [0.25, 0.3) is 5.91 Å². The van der Waals surface area contributed by atoms with E-state index >= 15 is 0 Å². The second-order valence-electron chi connectivity index (χ2n) is 6.06. The molecule has 1 aromatic heterocycles. The van der Waals surface area contributed by atoms with Crippen molar-refractivity contribution in [2.45, 2.75) is 6.61 Å². The van der Waals surface area contributed by atoms with Crippen molar-refractivity contribution in [3.05, 3.63) is 47.7 Å². The lowest BCUT2D eigenvalue weighted by atomic mass is 9.96. The van der Waals surface area contributed by atoms with Crippen LogP contribution >= 0.6 is 0 Å². The molecule has 2 heterocycles. The Morgan fingerprint density at radius 1 is 1.21 bits per heavy atom. The number of aromatic nitrogens is 1. The Hall–Kier alpha value is -2.44. The first-order valence-corrected chi connectivity index (χ1v) is 8.02. The fourth-order valence-corrected chi connectivity index (χ4v) is 2.99. The minimum Gasteiger partial charge on any atom is -0.392 e. The Morgan fingerprint density at radius 3 is 2.58 bits per heavy atom. The van der Waals surface area contributed by atoms with Crippen LogP contribution in [0.15, 0.2) is 36.5 Å². The number of hydrogen-bond acceptors (Lipinski definition) is 5. The van der Waals surface area contributed by atoms with E-state index in [9.17, 15) is 9.90 Å². The SMILES string of the molecule is CN1CCN(c2cc(-c3ccccc3CO)c(C(N)=O)cn2)CC1. The summed E-state index contributed by atoms with van der Waals surface area (Å²) in [6.07, 6.45) is 1.54. The van der Waals surface area contributed by atoms with Crippen molar-refractivity contribution in [1.82, 2.24) is 9.88 Å². The van der Waals surface area contributed by atoms with E-state index in [0.717, 1.165) is 48.7 Å². The van der Waals surface area contributed by atoms with Crippen LogP contribution in [0.3, 0.4) is 0 Å². The highest BCUT2D eigenvalue weighted by atomic mass is 16.3. The zero-order chi connectivity index (χ0) is 17.1. The van der Waals surface area contributed by atoms with Gasteiger partial charge in [-0.05, 0) is 29.8 Å². The molecule has 1 saturated heterocycles. The van der Waals surface area contributed by atoms with E-state index in [1.54, 1.807) is 6.20 Å². The lowest BCUT2D eigenvalue weighted by molar-refractivity contribution is 0.100. The van der Waals surface area contributed by atoms with Crippen LogP contribution < -0.4 is 10.6 Å². The minimum absolute atomic E-state index is 0.0967. The van der Waals surface area contributed by atoms with Crippen molar-refractivity contribution in [3.63, 3.8) is 0 Å². The van der Waals surface area contributed by atoms with Gasteiger partial charge in [0, 0.05) is 32.4 Å². The number of anilines is 1. The van der Waals surface area contributed by atoms with Gasteiger partial charge in [0.15, 0.2) is 0 Å². The highest BCUT2D eigenvalue weighted by Crippen LogP contribution is 2.30. The van der Waals surface area contributed by atoms with E-state index in [4.69, 9.17) is 5.73 Å². The molecule has 24 heavy (non-hydrogen) atoms. The van der Waals surface area contributed by atoms with E-state index < -0.39 is 5.91 Å². The molecular weight excluding hydrogens is 304 g/mol. The number of carbonyl (C=O) groups excluding carboxylic acids is 1. The van der Waals surface area contributed by atoms with Gasteiger partial charge in [-0.3, -0.25) is 4.79 Å². The van der Waals surface area contributed by atoms with Crippen LogP contribution in [0.2, 0.25) is 0 Å². The topological polar surface area (TPSA) is 82.7 Å². The Kier molecular flexibility index (Phi) is 4.78. The van der Waals surface area contributed by atoms with E-state index in [1.165, 1.54) is 0 Å². The predicted molar refractivity (Wildman–Crippen MR) is 93.8 cm³/mol. The Labute approximate surface area is 141 Å². The first-order chi connectivity index (χ1) is 11.6. The van der Waals surface area contributed by atoms with Gasteiger partial charge in [0.05, 0.1) is 12.2 Å². The molecular formula is C18H22N4O2. The van der Waals surface area contributed by atoms with E-state index in [1.807, 2.05) is 30.3 Å². The number of amides is 1. The summed E-state index contributed by atoms with van der Waals surface area (Å²) in [6, 6.07) is 9.38. The number of benzene rings is 1. The summed E-state index contributed by atoms with van der Waals surface area (Å²) in [5.74, 6) is 0.311. The van der Waals surface area contributed by atoms with E-state index in [0.29, 0.717) is 5.56 Å². The summed E-state index contributed by atoms with van der Waals surface area (Å²) in [6.45, 7) is 3.63. The number of carbonyl (C=O) groups is 1. The van der Waals surface area contributed by atoms with Crippen LogP contribution in [0.5, 0.6) is 0 Å². The number of piperazine rings is 1. The van der Waals surface area contributed by atoms with Crippen molar-refractivity contribution in [3.8, 4) is 11.1 Å². The quantitative estimate of drug-likeness (QED) is 0.879. The van der Waals surface area contributed by atoms with Crippen LogP contribution in [0, 0.1) is 0 Å². The van der Waals surface area contributed by atoms with Crippen LogP contribution in [-0.2, 0) is 6.61 Å². The molecule has 1 aromatic carbocycles. The van der Waals surface area contributed by atoms with Crippen molar-refractivity contribution < 1.29 is 9.90 Å². The van der Waals surface area contributed by atoms with Gasteiger partial charge in [0.2, 0.25) is 0 Å². The van der Waals surface area contributed by atoms with Gasteiger partial charge >= 0.3 is 0 Å². The van der Waals surface area contributed by atoms with Gasteiger partial charge < -0.3 is 20.6 Å². The summed E-state index contributed by atoms with van der Waals surface area (Å²) >= 11 is 0. The highest BCUT2D eigenvalue weighted by Gasteiger charge is 2.19. The Balaban J connectivity index is 2.05. The van der Waals surface area contributed by atoms with Crippen LogP contribution in [0.25, 0.3) is 11.1 Å². The third-order valence-electron chi connectivity index (χ3n) is 4.46. The molecule has 0 atom stereocenters. The second kappa shape index (κ2) is 6.98. The molecule has 0 radical (unpaired) electrons. The number of aliphatic hydroxyl groups excluding tert-OH is 1. The maximum Gasteiger partial charge on any atom is 0.250 e. The lowest BCUT2D eigenvalue weighted by Crippen LogP contribution is -2.44. The molecule has 0 aliphatic carbocycles. The number of hydrogen-bond donors (Lipinski definition) is 2. The largest absolute Gasteiger partial charge is 0.392 e. The average molecular weight is 326 g/mol. The number of likely N-dealkylation sites (N-methyl/N-ethyl adjacent to an activating group) is 1. The molecule has 126 valence electrons. The number of aliphatic hydroxyl groups is 1. The van der Waals surface area contributed by atoms with Crippen LogP contribution in [-0.4, -0.2) is 54.1 Å². The number of rotatable bonds is 4. The first-order valence-electron chi connectivity index (χ1n) is 8.02. The molecule has 0 spiro atoms. The number of primary amides is 1. The molecule has 1 fully saturated rings. The minimum atomic E-state index is -0.518. The van der Waals surface area contributed by atoms with E-state index in [2.05, 4.69) is 21.8 Å². The van der Waals surface area contributed by atoms with Gasteiger partial charge in [-0.1, -0.05) is 24.3 Å². The highest BCUT2D eigenvalue weighted by molar-refractivity contribution is 6.00. The molecule has 6 nitrogen and oxygen atoms in total. The molecule has 3 N–H and O–H groups in total.